The van der Waals surface area contributed by atoms with Crippen LogP contribution in [0.4, 0.5) is 5.69 Å². The third-order valence-electron chi connectivity index (χ3n) is 6.15. The molecule has 0 aromatic heterocycles. The topological polar surface area (TPSA) is 52.7 Å². The lowest BCUT2D eigenvalue weighted by Crippen LogP contribution is -2.55. The standard InChI is InChI=1S/C24H29N3O2/c1-16(2)18-9-7-17(8-10-18)15-25-23(28)19-11-12-20-21(14-19)26(3)22-6-4-5-13-27(22)24(20)29/h7-12,14,16,22H,4-6,13,15H2,1-3H3,(H,25,28). The van der Waals surface area contributed by atoms with E-state index in [4.69, 9.17) is 0 Å². The normalized spacial score (nSPS) is 18.5. The van der Waals surface area contributed by atoms with Gasteiger partial charge in [-0.1, -0.05) is 38.1 Å². The summed E-state index contributed by atoms with van der Waals surface area (Å²) >= 11 is 0. The minimum atomic E-state index is -0.118. The van der Waals surface area contributed by atoms with E-state index in [1.54, 1.807) is 12.1 Å². The Hall–Kier alpha value is -2.82. The Morgan fingerprint density at radius 1 is 1.14 bits per heavy atom. The van der Waals surface area contributed by atoms with Crippen molar-refractivity contribution >= 4 is 17.5 Å². The molecule has 1 atom stereocenters. The first-order valence-electron chi connectivity index (χ1n) is 10.5. The lowest BCUT2D eigenvalue weighted by atomic mass is 9.97. The Labute approximate surface area is 172 Å². The van der Waals surface area contributed by atoms with Gasteiger partial charge in [0.2, 0.25) is 0 Å². The van der Waals surface area contributed by atoms with Crippen LogP contribution in [0.2, 0.25) is 0 Å². The summed E-state index contributed by atoms with van der Waals surface area (Å²) in [6.07, 6.45) is 3.26. The molecule has 1 saturated heterocycles. The molecule has 0 saturated carbocycles. The highest BCUT2D eigenvalue weighted by Gasteiger charge is 2.37. The Balaban J connectivity index is 1.49. The molecule has 1 N–H and O–H groups in total. The minimum absolute atomic E-state index is 0.0833. The number of nitrogens with zero attached hydrogens (tertiary/aromatic N) is 2. The molecule has 2 aromatic rings. The number of fused-ring (bicyclic) bond motifs is 2. The lowest BCUT2D eigenvalue weighted by Gasteiger charge is -2.46. The number of nitrogens with one attached hydrogen (secondary N) is 1. The molecule has 1 fully saturated rings. The maximum absolute atomic E-state index is 12.9. The van der Waals surface area contributed by atoms with Crippen LogP contribution in [0.25, 0.3) is 0 Å². The van der Waals surface area contributed by atoms with Gasteiger partial charge >= 0.3 is 0 Å². The molecule has 2 aromatic carbocycles. The predicted molar refractivity (Wildman–Crippen MR) is 115 cm³/mol. The summed E-state index contributed by atoms with van der Waals surface area (Å²) in [6.45, 7) is 5.63. The fraction of sp³-hybridized carbons (Fsp3) is 0.417. The Kier molecular flexibility index (Phi) is 5.31. The van der Waals surface area contributed by atoms with E-state index in [9.17, 15) is 9.59 Å². The largest absolute Gasteiger partial charge is 0.354 e. The summed E-state index contributed by atoms with van der Waals surface area (Å²) in [4.78, 5) is 29.7. The molecule has 5 heteroatoms. The third-order valence-corrected chi connectivity index (χ3v) is 6.15. The van der Waals surface area contributed by atoms with Crippen LogP contribution in [0, 0.1) is 0 Å². The predicted octanol–water partition coefficient (Wildman–Crippen LogP) is 4.14. The first-order chi connectivity index (χ1) is 14.0. The Morgan fingerprint density at radius 2 is 1.90 bits per heavy atom. The van der Waals surface area contributed by atoms with Gasteiger partial charge in [0.05, 0.1) is 11.3 Å². The lowest BCUT2D eigenvalue weighted by molar-refractivity contribution is 0.0589. The van der Waals surface area contributed by atoms with Crippen molar-refractivity contribution in [1.29, 1.82) is 0 Å². The Morgan fingerprint density at radius 3 is 2.62 bits per heavy atom. The number of carbonyl (C=O) groups excluding carboxylic acids is 2. The second kappa shape index (κ2) is 7.90. The molecule has 2 heterocycles. The average Bonchev–Trinajstić information content (AvgIpc) is 2.75. The van der Waals surface area contributed by atoms with Gasteiger partial charge in [-0.25, -0.2) is 0 Å². The van der Waals surface area contributed by atoms with Crippen LogP contribution in [0.15, 0.2) is 42.5 Å². The van der Waals surface area contributed by atoms with Crippen molar-refractivity contribution in [2.75, 3.05) is 18.5 Å². The van der Waals surface area contributed by atoms with Crippen molar-refractivity contribution in [3.8, 4) is 0 Å². The van der Waals surface area contributed by atoms with E-state index in [-0.39, 0.29) is 18.0 Å². The highest BCUT2D eigenvalue weighted by molar-refractivity contribution is 6.04. The van der Waals surface area contributed by atoms with Crippen molar-refractivity contribution in [2.45, 2.75) is 51.7 Å². The molecule has 4 rings (SSSR count). The van der Waals surface area contributed by atoms with Crippen molar-refractivity contribution in [3.63, 3.8) is 0 Å². The van der Waals surface area contributed by atoms with Crippen LogP contribution in [-0.2, 0) is 6.54 Å². The molecule has 2 aliphatic heterocycles. The first-order valence-corrected chi connectivity index (χ1v) is 10.5. The quantitative estimate of drug-likeness (QED) is 0.852. The molecule has 0 radical (unpaired) electrons. The molecule has 29 heavy (non-hydrogen) atoms. The zero-order valence-electron chi connectivity index (χ0n) is 17.4. The van der Waals surface area contributed by atoms with Crippen LogP contribution in [0.3, 0.4) is 0 Å². The van der Waals surface area contributed by atoms with Gasteiger partial charge in [0.25, 0.3) is 11.8 Å². The summed E-state index contributed by atoms with van der Waals surface area (Å²) < 4.78 is 0. The SMILES string of the molecule is CC(C)c1ccc(CNC(=O)c2ccc3c(c2)N(C)C2CCCCN2C3=O)cc1. The zero-order valence-corrected chi connectivity index (χ0v) is 17.4. The van der Waals surface area contributed by atoms with E-state index in [2.05, 4.69) is 48.3 Å². The van der Waals surface area contributed by atoms with E-state index in [1.165, 1.54) is 5.56 Å². The molecule has 2 aliphatic rings. The number of anilines is 1. The van der Waals surface area contributed by atoms with Gasteiger partial charge in [-0.05, 0) is 54.5 Å². The number of rotatable bonds is 4. The van der Waals surface area contributed by atoms with E-state index in [0.29, 0.717) is 23.6 Å². The number of amides is 2. The number of hydrogen-bond acceptors (Lipinski definition) is 3. The van der Waals surface area contributed by atoms with E-state index in [0.717, 1.165) is 37.1 Å². The third kappa shape index (κ3) is 3.74. The average molecular weight is 392 g/mol. The molecule has 1 unspecified atom stereocenters. The molecule has 5 nitrogen and oxygen atoms in total. The first kappa shape index (κ1) is 19.5. The number of piperidine rings is 1. The van der Waals surface area contributed by atoms with Gasteiger partial charge in [0.15, 0.2) is 0 Å². The van der Waals surface area contributed by atoms with Gasteiger partial charge in [0, 0.05) is 25.7 Å². The monoisotopic (exact) mass is 391 g/mol. The summed E-state index contributed by atoms with van der Waals surface area (Å²) in [6, 6.07) is 13.8. The summed E-state index contributed by atoms with van der Waals surface area (Å²) in [7, 11) is 2.02. The smallest absolute Gasteiger partial charge is 0.257 e. The van der Waals surface area contributed by atoms with Crippen LogP contribution >= 0.6 is 0 Å². The highest BCUT2D eigenvalue weighted by atomic mass is 16.2. The maximum atomic E-state index is 12.9. The second-order valence-corrected chi connectivity index (χ2v) is 8.40. The van der Waals surface area contributed by atoms with E-state index < -0.39 is 0 Å². The maximum Gasteiger partial charge on any atom is 0.257 e. The van der Waals surface area contributed by atoms with E-state index >= 15 is 0 Å². The van der Waals surface area contributed by atoms with Crippen molar-refractivity contribution in [3.05, 3.63) is 64.7 Å². The summed E-state index contributed by atoms with van der Waals surface area (Å²) in [5.74, 6) is 0.460. The van der Waals surface area contributed by atoms with Crippen LogP contribution in [0.5, 0.6) is 0 Å². The zero-order chi connectivity index (χ0) is 20.5. The highest BCUT2D eigenvalue weighted by Crippen LogP contribution is 2.34. The summed E-state index contributed by atoms with van der Waals surface area (Å²) in [5, 5.41) is 3.00. The molecule has 0 spiro atoms. The van der Waals surface area contributed by atoms with Crippen LogP contribution in [0.1, 0.15) is 70.9 Å². The molecular weight excluding hydrogens is 362 g/mol. The number of hydrogen-bond donors (Lipinski definition) is 1. The fourth-order valence-corrected chi connectivity index (χ4v) is 4.32. The van der Waals surface area contributed by atoms with Gasteiger partial charge in [-0.15, -0.1) is 0 Å². The van der Waals surface area contributed by atoms with Crippen LogP contribution in [-0.4, -0.2) is 36.5 Å². The minimum Gasteiger partial charge on any atom is -0.354 e. The van der Waals surface area contributed by atoms with E-state index in [1.807, 2.05) is 18.0 Å². The second-order valence-electron chi connectivity index (χ2n) is 8.40. The van der Waals surface area contributed by atoms with Gasteiger partial charge in [-0.2, -0.15) is 0 Å². The van der Waals surface area contributed by atoms with Crippen molar-refractivity contribution in [2.24, 2.45) is 0 Å². The summed E-state index contributed by atoms with van der Waals surface area (Å²) in [5.41, 5.74) is 4.50. The number of benzene rings is 2. The fourth-order valence-electron chi connectivity index (χ4n) is 4.32. The van der Waals surface area contributed by atoms with Gasteiger partial charge in [-0.3, -0.25) is 9.59 Å². The van der Waals surface area contributed by atoms with Crippen molar-refractivity contribution < 1.29 is 9.59 Å². The molecule has 152 valence electrons. The van der Waals surface area contributed by atoms with Crippen LogP contribution < -0.4 is 10.2 Å². The molecule has 0 bridgehead atoms. The molecular formula is C24H29N3O2. The molecule has 2 amide bonds. The van der Waals surface area contributed by atoms with Crippen molar-refractivity contribution in [1.82, 2.24) is 10.2 Å². The number of carbonyl (C=O) groups is 2. The Bertz CT molecular complexity index is 920. The molecule has 0 aliphatic carbocycles. The van der Waals surface area contributed by atoms with Gasteiger partial charge < -0.3 is 15.1 Å². The van der Waals surface area contributed by atoms with Gasteiger partial charge in [0.1, 0.15) is 6.17 Å².